The molecule has 0 aliphatic heterocycles. The highest BCUT2D eigenvalue weighted by Gasteiger charge is 2.05. The first kappa shape index (κ1) is 19.4. The summed E-state index contributed by atoms with van der Waals surface area (Å²) in [6, 6.07) is 25.4. The highest BCUT2D eigenvalue weighted by atomic mass is 16.5. The van der Waals surface area contributed by atoms with Crippen LogP contribution in [-0.2, 0) is 17.8 Å². The van der Waals surface area contributed by atoms with Crippen LogP contribution >= 0.6 is 0 Å². The number of ether oxygens (including phenoxy) is 1. The Bertz CT molecular complexity index is 1120. The molecule has 0 aliphatic rings. The number of nitrogens with one attached hydrogen (secondary N) is 2. The zero-order valence-electron chi connectivity index (χ0n) is 16.4. The Morgan fingerprint density at radius 2 is 1.87 bits per heavy atom. The van der Waals surface area contributed by atoms with Gasteiger partial charge in [-0.1, -0.05) is 54.6 Å². The molecule has 2 N–H and O–H groups in total. The fraction of sp³-hybridized carbons (Fsp3) is 0.125. The van der Waals surface area contributed by atoms with Crippen molar-refractivity contribution in [3.05, 3.63) is 95.8 Å². The molecule has 0 unspecified atom stereocenters. The third-order valence-corrected chi connectivity index (χ3v) is 4.54. The third kappa shape index (κ3) is 5.32. The van der Waals surface area contributed by atoms with Crippen LogP contribution in [0.1, 0.15) is 23.4 Å². The second-order valence-corrected chi connectivity index (χ2v) is 6.84. The van der Waals surface area contributed by atoms with Gasteiger partial charge in [-0.3, -0.25) is 4.79 Å². The first-order valence-electron chi connectivity index (χ1n) is 9.78. The molecule has 1 amide bonds. The Balaban J connectivity index is 1.25. The van der Waals surface area contributed by atoms with Crippen molar-refractivity contribution in [3.8, 4) is 5.75 Å². The molecule has 3 aromatic carbocycles. The molecule has 4 aromatic rings. The molecule has 0 bridgehead atoms. The Kier molecular flexibility index (Phi) is 6.15. The maximum absolute atomic E-state index is 12.1. The molecule has 0 spiro atoms. The standard InChI is InChI=1S/C24H22N4O2/c29-24(14-13-23-26-21-11-4-5-12-22(21)27-23)28-25-16-19-9-6-10-20(15-19)30-17-18-7-2-1-3-8-18/h1-12,15-16H,13-14,17H2,(H,26,27)(H,28,29)/b25-16-. The van der Waals surface area contributed by atoms with E-state index >= 15 is 0 Å². The second kappa shape index (κ2) is 9.52. The number of fused-ring (bicyclic) bond motifs is 1. The highest BCUT2D eigenvalue weighted by Crippen LogP contribution is 2.14. The van der Waals surface area contributed by atoms with Crippen molar-refractivity contribution >= 4 is 23.2 Å². The summed E-state index contributed by atoms with van der Waals surface area (Å²) in [4.78, 5) is 19.7. The smallest absolute Gasteiger partial charge is 0.240 e. The highest BCUT2D eigenvalue weighted by molar-refractivity contribution is 5.83. The lowest BCUT2D eigenvalue weighted by Crippen LogP contribution is -2.18. The van der Waals surface area contributed by atoms with Crippen molar-refractivity contribution in [2.24, 2.45) is 5.10 Å². The topological polar surface area (TPSA) is 79.4 Å². The number of imidazole rings is 1. The van der Waals surface area contributed by atoms with E-state index in [1.54, 1.807) is 6.21 Å². The second-order valence-electron chi connectivity index (χ2n) is 6.84. The van der Waals surface area contributed by atoms with Gasteiger partial charge in [0.15, 0.2) is 0 Å². The van der Waals surface area contributed by atoms with Crippen molar-refractivity contribution in [2.75, 3.05) is 0 Å². The molecule has 0 aliphatic carbocycles. The van der Waals surface area contributed by atoms with Crippen LogP contribution in [0.3, 0.4) is 0 Å². The van der Waals surface area contributed by atoms with E-state index < -0.39 is 0 Å². The normalized spacial score (nSPS) is 11.1. The summed E-state index contributed by atoms with van der Waals surface area (Å²) in [5, 5.41) is 4.05. The van der Waals surface area contributed by atoms with Gasteiger partial charge in [-0.15, -0.1) is 0 Å². The molecule has 0 atom stereocenters. The summed E-state index contributed by atoms with van der Waals surface area (Å²) in [7, 11) is 0. The van der Waals surface area contributed by atoms with E-state index in [1.807, 2.05) is 78.9 Å². The molecular formula is C24H22N4O2. The van der Waals surface area contributed by atoms with E-state index in [1.165, 1.54) is 0 Å². The number of aromatic amines is 1. The van der Waals surface area contributed by atoms with Gasteiger partial charge in [0.25, 0.3) is 0 Å². The number of para-hydroxylation sites is 2. The van der Waals surface area contributed by atoms with Crippen molar-refractivity contribution in [1.29, 1.82) is 0 Å². The van der Waals surface area contributed by atoms with Gasteiger partial charge in [0, 0.05) is 12.8 Å². The summed E-state index contributed by atoms with van der Waals surface area (Å²) in [5.41, 5.74) is 6.39. The molecule has 6 heteroatoms. The van der Waals surface area contributed by atoms with Crippen molar-refractivity contribution in [1.82, 2.24) is 15.4 Å². The van der Waals surface area contributed by atoms with E-state index in [0.29, 0.717) is 19.4 Å². The predicted molar refractivity (Wildman–Crippen MR) is 117 cm³/mol. The van der Waals surface area contributed by atoms with Crippen LogP contribution in [0.15, 0.2) is 84.0 Å². The monoisotopic (exact) mass is 398 g/mol. The number of carbonyl (C=O) groups excluding carboxylic acids is 1. The third-order valence-electron chi connectivity index (χ3n) is 4.54. The van der Waals surface area contributed by atoms with E-state index in [2.05, 4.69) is 20.5 Å². The Morgan fingerprint density at radius 1 is 1.03 bits per heavy atom. The Hall–Kier alpha value is -3.93. The van der Waals surface area contributed by atoms with E-state index in [-0.39, 0.29) is 5.91 Å². The molecule has 4 rings (SSSR count). The van der Waals surface area contributed by atoms with Gasteiger partial charge in [-0.05, 0) is 35.4 Å². The molecule has 30 heavy (non-hydrogen) atoms. The van der Waals surface area contributed by atoms with Gasteiger partial charge in [0.05, 0.1) is 17.2 Å². The fourth-order valence-electron chi connectivity index (χ4n) is 3.02. The predicted octanol–water partition coefficient (Wildman–Crippen LogP) is 4.22. The van der Waals surface area contributed by atoms with Crippen LogP contribution in [0.5, 0.6) is 5.75 Å². The first-order chi connectivity index (χ1) is 14.8. The number of hydrogen-bond donors (Lipinski definition) is 2. The minimum atomic E-state index is -0.164. The quantitative estimate of drug-likeness (QED) is 0.344. The molecule has 0 saturated heterocycles. The van der Waals surface area contributed by atoms with Gasteiger partial charge in [0.2, 0.25) is 5.91 Å². The number of H-pyrrole nitrogens is 1. The number of aryl methyl sites for hydroxylation is 1. The minimum Gasteiger partial charge on any atom is -0.489 e. The van der Waals surface area contributed by atoms with Gasteiger partial charge in [0.1, 0.15) is 18.2 Å². The maximum atomic E-state index is 12.1. The number of carbonyl (C=O) groups is 1. The largest absolute Gasteiger partial charge is 0.489 e. The van der Waals surface area contributed by atoms with Crippen molar-refractivity contribution < 1.29 is 9.53 Å². The first-order valence-corrected chi connectivity index (χ1v) is 9.78. The number of hydrogen-bond acceptors (Lipinski definition) is 4. The lowest BCUT2D eigenvalue weighted by atomic mass is 10.2. The van der Waals surface area contributed by atoms with E-state index in [0.717, 1.165) is 33.7 Å². The van der Waals surface area contributed by atoms with Crippen LogP contribution in [0, 0.1) is 0 Å². The zero-order chi connectivity index (χ0) is 20.6. The van der Waals surface area contributed by atoms with Gasteiger partial charge in [-0.2, -0.15) is 5.10 Å². The van der Waals surface area contributed by atoms with Gasteiger partial charge < -0.3 is 9.72 Å². The SMILES string of the molecule is O=C(CCc1nc2ccccc2[nH]1)N/N=C\c1cccc(OCc2ccccc2)c1. The molecular weight excluding hydrogens is 376 g/mol. The minimum absolute atomic E-state index is 0.164. The van der Waals surface area contributed by atoms with Crippen LogP contribution in [0.4, 0.5) is 0 Å². The molecule has 0 fully saturated rings. The Morgan fingerprint density at radius 3 is 2.73 bits per heavy atom. The zero-order valence-corrected chi connectivity index (χ0v) is 16.4. The molecule has 150 valence electrons. The van der Waals surface area contributed by atoms with Crippen LogP contribution in [0.2, 0.25) is 0 Å². The molecule has 6 nitrogen and oxygen atoms in total. The molecule has 1 aromatic heterocycles. The van der Waals surface area contributed by atoms with Gasteiger partial charge in [-0.25, -0.2) is 10.4 Å². The molecule has 1 heterocycles. The summed E-state index contributed by atoms with van der Waals surface area (Å²) in [5.74, 6) is 1.38. The van der Waals surface area contributed by atoms with Crippen molar-refractivity contribution in [2.45, 2.75) is 19.4 Å². The van der Waals surface area contributed by atoms with Crippen molar-refractivity contribution in [3.63, 3.8) is 0 Å². The van der Waals surface area contributed by atoms with Crippen LogP contribution in [0.25, 0.3) is 11.0 Å². The molecule has 0 saturated carbocycles. The fourth-order valence-corrected chi connectivity index (χ4v) is 3.02. The Labute approximate surface area is 174 Å². The maximum Gasteiger partial charge on any atom is 0.240 e. The number of benzene rings is 3. The lowest BCUT2D eigenvalue weighted by molar-refractivity contribution is -0.121. The molecule has 0 radical (unpaired) electrons. The number of rotatable bonds is 8. The summed E-state index contributed by atoms with van der Waals surface area (Å²) in [6.07, 6.45) is 2.44. The average Bonchev–Trinajstić information content (AvgIpc) is 3.20. The lowest BCUT2D eigenvalue weighted by Gasteiger charge is -2.06. The summed E-state index contributed by atoms with van der Waals surface area (Å²) < 4.78 is 5.81. The van der Waals surface area contributed by atoms with E-state index in [9.17, 15) is 4.79 Å². The number of nitrogens with zero attached hydrogens (tertiary/aromatic N) is 2. The number of hydrazone groups is 1. The summed E-state index contributed by atoms with van der Waals surface area (Å²) in [6.45, 7) is 0.500. The van der Waals surface area contributed by atoms with Gasteiger partial charge >= 0.3 is 0 Å². The average molecular weight is 398 g/mol. The van der Waals surface area contributed by atoms with Crippen LogP contribution < -0.4 is 10.2 Å². The summed E-state index contributed by atoms with van der Waals surface area (Å²) >= 11 is 0. The van der Waals surface area contributed by atoms with E-state index in [4.69, 9.17) is 4.74 Å². The number of amides is 1. The van der Waals surface area contributed by atoms with Crippen LogP contribution in [-0.4, -0.2) is 22.1 Å². The number of aromatic nitrogens is 2.